The molecule has 1 N–H and O–H groups in total. The second kappa shape index (κ2) is 7.70. The molecule has 1 heterocycles. The minimum Gasteiger partial charge on any atom is -0.376 e. The lowest BCUT2D eigenvalue weighted by Crippen LogP contribution is -2.46. The van der Waals surface area contributed by atoms with Crippen molar-refractivity contribution in [3.63, 3.8) is 0 Å². The summed E-state index contributed by atoms with van der Waals surface area (Å²) in [5.41, 5.74) is 0. The summed E-state index contributed by atoms with van der Waals surface area (Å²) in [4.78, 5) is 0. The molecule has 0 radical (unpaired) electrons. The summed E-state index contributed by atoms with van der Waals surface area (Å²) in [5.74, 6) is 2.67. The predicted molar refractivity (Wildman–Crippen MR) is 60.7 cm³/mol. The molecule has 3 heteroatoms. The average Bonchev–Trinajstić information content (AvgIpc) is 2.29. The van der Waals surface area contributed by atoms with E-state index >= 15 is 0 Å². The predicted octanol–water partition coefficient (Wildman–Crippen LogP) is 1.18. The Morgan fingerprint density at radius 1 is 1.53 bits per heavy atom. The molecule has 1 rings (SSSR count). The molecule has 2 unspecified atom stereocenters. The van der Waals surface area contributed by atoms with Crippen molar-refractivity contribution < 1.29 is 9.47 Å². The van der Waals surface area contributed by atoms with E-state index in [1.807, 2.05) is 0 Å². The summed E-state index contributed by atoms with van der Waals surface area (Å²) in [7, 11) is 0. The summed E-state index contributed by atoms with van der Waals surface area (Å²) >= 11 is 0. The Bertz CT molecular complexity index is 194. The molecule has 1 saturated heterocycles. The summed E-state index contributed by atoms with van der Waals surface area (Å²) in [6, 6.07) is 0.378. The van der Waals surface area contributed by atoms with Gasteiger partial charge in [-0.15, -0.1) is 12.3 Å². The molecule has 0 bridgehead atoms. The van der Waals surface area contributed by atoms with Crippen molar-refractivity contribution in [3.05, 3.63) is 0 Å². The fraction of sp³-hybridized carbons (Fsp3) is 0.833. The molecule has 2 atom stereocenters. The maximum Gasteiger partial charge on any atom is 0.0962 e. The lowest BCUT2D eigenvalue weighted by molar-refractivity contribution is -0.102. The lowest BCUT2D eigenvalue weighted by atomic mass is 10.0. The van der Waals surface area contributed by atoms with Crippen LogP contribution >= 0.6 is 0 Å². The van der Waals surface area contributed by atoms with Gasteiger partial charge in [-0.1, -0.05) is 6.92 Å². The number of hydrogen-bond donors (Lipinski definition) is 1. The van der Waals surface area contributed by atoms with Crippen molar-refractivity contribution in [1.29, 1.82) is 0 Å². The van der Waals surface area contributed by atoms with Crippen LogP contribution < -0.4 is 5.32 Å². The Morgan fingerprint density at radius 3 is 3.00 bits per heavy atom. The van der Waals surface area contributed by atoms with Gasteiger partial charge in [0.25, 0.3) is 0 Å². The fourth-order valence-electron chi connectivity index (χ4n) is 1.84. The quantitative estimate of drug-likeness (QED) is 0.528. The van der Waals surface area contributed by atoms with Crippen molar-refractivity contribution in [2.45, 2.75) is 38.3 Å². The zero-order valence-electron chi connectivity index (χ0n) is 9.50. The van der Waals surface area contributed by atoms with Crippen LogP contribution in [0.1, 0.15) is 26.2 Å². The fourth-order valence-corrected chi connectivity index (χ4v) is 1.84. The molecule has 0 aromatic heterocycles. The van der Waals surface area contributed by atoms with E-state index in [0.29, 0.717) is 19.3 Å². The molecule has 0 aromatic rings. The summed E-state index contributed by atoms with van der Waals surface area (Å²) in [6.07, 6.45) is 8.39. The van der Waals surface area contributed by atoms with Crippen LogP contribution in [-0.4, -0.2) is 38.5 Å². The van der Waals surface area contributed by atoms with Crippen LogP contribution in [0.25, 0.3) is 0 Å². The Balaban J connectivity index is 2.30. The maximum absolute atomic E-state index is 5.68. The molecule has 1 aliphatic heterocycles. The van der Waals surface area contributed by atoms with Gasteiger partial charge in [-0.3, -0.25) is 0 Å². The Kier molecular flexibility index (Phi) is 6.42. The molecular weight excluding hydrogens is 190 g/mol. The molecule has 0 amide bonds. The Hall–Kier alpha value is -0.560. The maximum atomic E-state index is 5.68. The number of unbranched alkanes of at least 4 members (excludes halogenated alkanes) is 1. The van der Waals surface area contributed by atoms with Crippen LogP contribution in [-0.2, 0) is 9.47 Å². The van der Waals surface area contributed by atoms with Crippen LogP contribution in [0.15, 0.2) is 0 Å². The van der Waals surface area contributed by atoms with Gasteiger partial charge in [-0.2, -0.15) is 0 Å². The molecule has 0 aliphatic carbocycles. The largest absolute Gasteiger partial charge is 0.376 e. The van der Waals surface area contributed by atoms with Gasteiger partial charge in [-0.05, 0) is 19.4 Å². The molecule has 86 valence electrons. The van der Waals surface area contributed by atoms with Crippen LogP contribution in [0, 0.1) is 12.3 Å². The zero-order valence-corrected chi connectivity index (χ0v) is 9.50. The average molecular weight is 211 g/mol. The lowest BCUT2D eigenvalue weighted by Gasteiger charge is -2.30. The normalized spacial score (nSPS) is 23.3. The van der Waals surface area contributed by atoms with E-state index < -0.39 is 0 Å². The van der Waals surface area contributed by atoms with Gasteiger partial charge >= 0.3 is 0 Å². The molecule has 0 saturated carbocycles. The third kappa shape index (κ3) is 4.65. The van der Waals surface area contributed by atoms with Crippen LogP contribution in [0.5, 0.6) is 0 Å². The van der Waals surface area contributed by atoms with E-state index in [4.69, 9.17) is 15.9 Å². The molecular formula is C12H21NO2. The highest BCUT2D eigenvalue weighted by molar-refractivity contribution is 4.85. The number of ether oxygens (including phenoxy) is 2. The van der Waals surface area contributed by atoms with E-state index in [2.05, 4.69) is 18.2 Å². The number of rotatable bonds is 6. The monoisotopic (exact) mass is 211 g/mol. The minimum atomic E-state index is 0.191. The first-order valence-corrected chi connectivity index (χ1v) is 5.74. The van der Waals surface area contributed by atoms with Crippen molar-refractivity contribution in [2.24, 2.45) is 0 Å². The first-order valence-electron chi connectivity index (χ1n) is 5.74. The van der Waals surface area contributed by atoms with Crippen molar-refractivity contribution in [2.75, 3.05) is 26.4 Å². The first-order chi connectivity index (χ1) is 7.38. The molecule has 0 aromatic carbocycles. The zero-order chi connectivity index (χ0) is 10.9. The third-order valence-electron chi connectivity index (χ3n) is 2.59. The third-order valence-corrected chi connectivity index (χ3v) is 2.59. The number of hydrogen-bond acceptors (Lipinski definition) is 3. The van der Waals surface area contributed by atoms with Crippen LogP contribution in [0.4, 0.5) is 0 Å². The van der Waals surface area contributed by atoms with Crippen molar-refractivity contribution in [1.82, 2.24) is 5.32 Å². The van der Waals surface area contributed by atoms with Gasteiger partial charge in [0.05, 0.1) is 25.9 Å². The summed E-state index contributed by atoms with van der Waals surface area (Å²) in [6.45, 7) is 5.20. The van der Waals surface area contributed by atoms with E-state index in [9.17, 15) is 0 Å². The summed E-state index contributed by atoms with van der Waals surface area (Å²) in [5, 5.41) is 3.44. The standard InChI is InChI=1S/C12H21NO2/c1-3-5-6-7-11(13-4-2)12-10-14-8-9-15-12/h1,11-13H,4-10H2,2H3. The van der Waals surface area contributed by atoms with E-state index in [1.54, 1.807) is 0 Å². The van der Waals surface area contributed by atoms with Gasteiger partial charge in [0, 0.05) is 12.5 Å². The van der Waals surface area contributed by atoms with Gasteiger partial charge < -0.3 is 14.8 Å². The highest BCUT2D eigenvalue weighted by atomic mass is 16.6. The van der Waals surface area contributed by atoms with Crippen LogP contribution in [0.3, 0.4) is 0 Å². The Morgan fingerprint density at radius 2 is 2.40 bits per heavy atom. The summed E-state index contributed by atoms with van der Waals surface area (Å²) < 4.78 is 11.1. The van der Waals surface area contributed by atoms with Crippen molar-refractivity contribution in [3.8, 4) is 12.3 Å². The van der Waals surface area contributed by atoms with E-state index in [1.165, 1.54) is 0 Å². The molecule has 1 aliphatic rings. The van der Waals surface area contributed by atoms with E-state index in [0.717, 1.165) is 32.4 Å². The topological polar surface area (TPSA) is 30.5 Å². The Labute approximate surface area is 92.5 Å². The van der Waals surface area contributed by atoms with Gasteiger partial charge in [-0.25, -0.2) is 0 Å². The van der Waals surface area contributed by atoms with Gasteiger partial charge in [0.15, 0.2) is 0 Å². The first kappa shape index (κ1) is 12.5. The minimum absolute atomic E-state index is 0.191. The second-order valence-corrected chi connectivity index (χ2v) is 3.74. The second-order valence-electron chi connectivity index (χ2n) is 3.74. The molecule has 0 spiro atoms. The number of likely N-dealkylation sites (N-methyl/N-ethyl adjacent to an activating group) is 1. The molecule has 15 heavy (non-hydrogen) atoms. The van der Waals surface area contributed by atoms with Crippen LogP contribution in [0.2, 0.25) is 0 Å². The smallest absolute Gasteiger partial charge is 0.0962 e. The molecule has 3 nitrogen and oxygen atoms in total. The SMILES string of the molecule is C#CCCCC(NCC)C1COCCO1. The van der Waals surface area contributed by atoms with Crippen molar-refractivity contribution >= 4 is 0 Å². The van der Waals surface area contributed by atoms with Gasteiger partial charge in [0.1, 0.15) is 0 Å². The highest BCUT2D eigenvalue weighted by Crippen LogP contribution is 2.11. The number of terminal acetylenes is 1. The molecule has 1 fully saturated rings. The van der Waals surface area contributed by atoms with Gasteiger partial charge in [0.2, 0.25) is 0 Å². The highest BCUT2D eigenvalue weighted by Gasteiger charge is 2.23. The number of nitrogens with one attached hydrogen (secondary N) is 1. The van der Waals surface area contributed by atoms with E-state index in [-0.39, 0.29) is 6.10 Å².